The molecule has 1 aliphatic heterocycles. The number of rotatable bonds is 6. The van der Waals surface area contributed by atoms with Crippen LogP contribution >= 0.6 is 0 Å². The van der Waals surface area contributed by atoms with E-state index in [0.717, 1.165) is 56.3 Å². The standard InChI is InChI=1S/C25H30N4O3/c1-16-7-8-21-20(12-16)18(14-27-21)9-10-26-24(30)23-13-22(28-32-23)19-6-3-11-29(15-19)25(31)17-4-2-5-17/h7-8,12-14,17,19,27H,2-6,9-11,15H2,1H3,(H,26,30). The number of nitrogens with zero attached hydrogens (tertiary/aromatic N) is 2. The van der Waals surface area contributed by atoms with Gasteiger partial charge in [-0.05, 0) is 56.7 Å². The smallest absolute Gasteiger partial charge is 0.289 e. The topological polar surface area (TPSA) is 91.2 Å². The summed E-state index contributed by atoms with van der Waals surface area (Å²) in [6, 6.07) is 8.07. The van der Waals surface area contributed by atoms with E-state index in [4.69, 9.17) is 4.52 Å². The number of hydrogen-bond donors (Lipinski definition) is 2. The summed E-state index contributed by atoms with van der Waals surface area (Å²) in [6.45, 7) is 4.09. The summed E-state index contributed by atoms with van der Waals surface area (Å²) in [5, 5.41) is 8.30. The van der Waals surface area contributed by atoms with Crippen molar-refractivity contribution in [1.82, 2.24) is 20.4 Å². The van der Waals surface area contributed by atoms with E-state index in [0.29, 0.717) is 13.1 Å². The van der Waals surface area contributed by atoms with E-state index in [2.05, 4.69) is 40.6 Å². The van der Waals surface area contributed by atoms with E-state index in [-0.39, 0.29) is 29.4 Å². The number of hydrogen-bond acceptors (Lipinski definition) is 4. The number of aromatic nitrogens is 2. The Hall–Kier alpha value is -3.09. The molecule has 32 heavy (non-hydrogen) atoms. The van der Waals surface area contributed by atoms with E-state index in [1.165, 1.54) is 16.5 Å². The third-order valence-electron chi connectivity index (χ3n) is 6.96. The van der Waals surface area contributed by atoms with Crippen molar-refractivity contribution < 1.29 is 14.1 Å². The normalized spacial score (nSPS) is 19.2. The van der Waals surface area contributed by atoms with Crippen molar-refractivity contribution in [3.63, 3.8) is 0 Å². The van der Waals surface area contributed by atoms with Gasteiger partial charge in [-0.25, -0.2) is 0 Å². The Kier molecular flexibility index (Phi) is 5.72. The van der Waals surface area contributed by atoms with Crippen LogP contribution in [-0.2, 0) is 11.2 Å². The molecule has 1 saturated heterocycles. The highest BCUT2D eigenvalue weighted by atomic mass is 16.5. The van der Waals surface area contributed by atoms with Crippen molar-refractivity contribution in [1.29, 1.82) is 0 Å². The molecule has 1 aliphatic carbocycles. The van der Waals surface area contributed by atoms with Gasteiger partial charge >= 0.3 is 0 Å². The second kappa shape index (κ2) is 8.81. The molecule has 3 aromatic rings. The molecule has 2 N–H and O–H groups in total. The van der Waals surface area contributed by atoms with Crippen LogP contribution in [0.25, 0.3) is 10.9 Å². The molecule has 1 atom stereocenters. The van der Waals surface area contributed by atoms with Crippen molar-refractivity contribution in [2.75, 3.05) is 19.6 Å². The Morgan fingerprint density at radius 1 is 1.22 bits per heavy atom. The first-order chi connectivity index (χ1) is 15.6. The van der Waals surface area contributed by atoms with Crippen LogP contribution < -0.4 is 5.32 Å². The van der Waals surface area contributed by atoms with E-state index < -0.39 is 0 Å². The van der Waals surface area contributed by atoms with Gasteiger partial charge in [-0.3, -0.25) is 9.59 Å². The lowest BCUT2D eigenvalue weighted by Gasteiger charge is -2.36. The highest BCUT2D eigenvalue weighted by molar-refractivity contribution is 5.91. The van der Waals surface area contributed by atoms with Gasteiger partial charge in [0.2, 0.25) is 11.7 Å². The van der Waals surface area contributed by atoms with Gasteiger partial charge in [-0.15, -0.1) is 0 Å². The number of likely N-dealkylation sites (tertiary alicyclic amines) is 1. The summed E-state index contributed by atoms with van der Waals surface area (Å²) in [6.07, 6.45) is 7.86. The highest BCUT2D eigenvalue weighted by Crippen LogP contribution is 2.32. The Morgan fingerprint density at radius 2 is 2.09 bits per heavy atom. The molecule has 2 fully saturated rings. The van der Waals surface area contributed by atoms with E-state index in [9.17, 15) is 9.59 Å². The van der Waals surface area contributed by atoms with Gasteiger partial charge in [0, 0.05) is 54.6 Å². The molecule has 7 nitrogen and oxygen atoms in total. The molecule has 3 heterocycles. The fraction of sp³-hybridized carbons (Fsp3) is 0.480. The average Bonchev–Trinajstić information content (AvgIpc) is 3.40. The molecule has 1 saturated carbocycles. The molecule has 2 amide bonds. The second-order valence-corrected chi connectivity index (χ2v) is 9.24. The van der Waals surface area contributed by atoms with E-state index in [1.807, 2.05) is 11.1 Å². The van der Waals surface area contributed by atoms with Crippen molar-refractivity contribution in [2.24, 2.45) is 5.92 Å². The Labute approximate surface area is 187 Å². The van der Waals surface area contributed by atoms with Crippen molar-refractivity contribution >= 4 is 22.7 Å². The Morgan fingerprint density at radius 3 is 2.91 bits per heavy atom. The lowest BCUT2D eigenvalue weighted by molar-refractivity contribution is -0.139. The molecule has 0 bridgehead atoms. The highest BCUT2D eigenvalue weighted by Gasteiger charge is 2.33. The average molecular weight is 435 g/mol. The molecular formula is C25H30N4O3. The third kappa shape index (κ3) is 4.16. The fourth-order valence-electron chi connectivity index (χ4n) is 4.82. The summed E-state index contributed by atoms with van der Waals surface area (Å²) in [7, 11) is 0. The van der Waals surface area contributed by atoms with Gasteiger partial charge in [0.05, 0.1) is 5.69 Å². The monoisotopic (exact) mass is 434 g/mol. The molecular weight excluding hydrogens is 404 g/mol. The third-order valence-corrected chi connectivity index (χ3v) is 6.96. The summed E-state index contributed by atoms with van der Waals surface area (Å²) in [5.74, 6) is 0.617. The van der Waals surface area contributed by atoms with Crippen molar-refractivity contribution in [2.45, 2.75) is 51.4 Å². The summed E-state index contributed by atoms with van der Waals surface area (Å²) < 4.78 is 5.36. The van der Waals surface area contributed by atoms with Crippen LogP contribution in [0.15, 0.2) is 35.0 Å². The van der Waals surface area contributed by atoms with Gasteiger partial charge in [0.15, 0.2) is 0 Å². The van der Waals surface area contributed by atoms with Crippen LogP contribution in [0.2, 0.25) is 0 Å². The number of aromatic amines is 1. The first-order valence-electron chi connectivity index (χ1n) is 11.7. The first kappa shape index (κ1) is 20.8. The first-order valence-corrected chi connectivity index (χ1v) is 11.7. The Bertz CT molecular complexity index is 1130. The molecule has 2 aliphatic rings. The number of carbonyl (C=O) groups excluding carboxylic acids is 2. The number of amides is 2. The van der Waals surface area contributed by atoms with Gasteiger partial charge < -0.3 is 19.7 Å². The molecule has 7 heteroatoms. The summed E-state index contributed by atoms with van der Waals surface area (Å²) in [4.78, 5) is 30.4. The minimum absolute atomic E-state index is 0.132. The molecule has 2 aromatic heterocycles. The molecule has 0 spiro atoms. The fourth-order valence-corrected chi connectivity index (χ4v) is 4.82. The van der Waals surface area contributed by atoms with Gasteiger partial charge in [-0.1, -0.05) is 23.2 Å². The zero-order chi connectivity index (χ0) is 22.1. The maximum Gasteiger partial charge on any atom is 0.289 e. The molecule has 168 valence electrons. The largest absolute Gasteiger partial charge is 0.361 e. The molecule has 1 unspecified atom stereocenters. The quantitative estimate of drug-likeness (QED) is 0.615. The number of piperidine rings is 1. The van der Waals surface area contributed by atoms with Crippen molar-refractivity contribution in [3.05, 3.63) is 53.0 Å². The minimum atomic E-state index is -0.252. The van der Waals surface area contributed by atoms with E-state index >= 15 is 0 Å². The molecule has 5 rings (SSSR count). The predicted octanol–water partition coefficient (Wildman–Crippen LogP) is 3.94. The second-order valence-electron chi connectivity index (χ2n) is 9.24. The summed E-state index contributed by atoms with van der Waals surface area (Å²) in [5.41, 5.74) is 4.27. The van der Waals surface area contributed by atoms with Gasteiger partial charge in [0.25, 0.3) is 5.91 Å². The number of H-pyrrole nitrogens is 1. The SMILES string of the molecule is Cc1ccc2[nH]cc(CCNC(=O)c3cc(C4CCCN(C(=O)C5CCC5)C4)no3)c2c1. The van der Waals surface area contributed by atoms with Crippen LogP contribution in [0.4, 0.5) is 0 Å². The number of nitrogens with one attached hydrogen (secondary N) is 2. The van der Waals surface area contributed by atoms with Crippen LogP contribution in [0.1, 0.15) is 65.4 Å². The van der Waals surface area contributed by atoms with Gasteiger partial charge in [0.1, 0.15) is 0 Å². The lowest BCUT2D eigenvalue weighted by atomic mass is 9.83. The number of fused-ring (bicyclic) bond motifs is 1. The number of carbonyl (C=O) groups is 2. The van der Waals surface area contributed by atoms with E-state index in [1.54, 1.807) is 6.07 Å². The summed E-state index contributed by atoms with van der Waals surface area (Å²) >= 11 is 0. The number of aryl methyl sites for hydroxylation is 1. The Balaban J connectivity index is 1.16. The van der Waals surface area contributed by atoms with Gasteiger partial charge in [-0.2, -0.15) is 0 Å². The maximum absolute atomic E-state index is 12.6. The molecule has 1 aromatic carbocycles. The zero-order valence-corrected chi connectivity index (χ0v) is 18.5. The van der Waals surface area contributed by atoms with Crippen LogP contribution in [0.3, 0.4) is 0 Å². The van der Waals surface area contributed by atoms with Crippen LogP contribution in [-0.4, -0.2) is 46.5 Å². The maximum atomic E-state index is 12.6. The minimum Gasteiger partial charge on any atom is -0.361 e. The molecule has 0 radical (unpaired) electrons. The zero-order valence-electron chi connectivity index (χ0n) is 18.5. The van der Waals surface area contributed by atoms with Crippen molar-refractivity contribution in [3.8, 4) is 0 Å². The number of benzene rings is 1. The van der Waals surface area contributed by atoms with Crippen LogP contribution in [0, 0.1) is 12.8 Å². The lowest BCUT2D eigenvalue weighted by Crippen LogP contribution is -2.44. The predicted molar refractivity (Wildman–Crippen MR) is 121 cm³/mol. The van der Waals surface area contributed by atoms with Crippen LogP contribution in [0.5, 0.6) is 0 Å².